The van der Waals surface area contributed by atoms with Gasteiger partial charge in [-0.05, 0) is 153 Å². The number of aliphatic hydroxyl groups excluding tert-OH is 1. The van der Waals surface area contributed by atoms with Gasteiger partial charge in [0.15, 0.2) is 31.2 Å². The number of thioether (sulfide) groups is 4. The lowest BCUT2D eigenvalue weighted by Crippen LogP contribution is -2.51. The molecular formula is C61H106O8S4Si3. The number of methoxy groups -OCH3 is 1. The van der Waals surface area contributed by atoms with Gasteiger partial charge in [-0.3, -0.25) is 0 Å². The van der Waals surface area contributed by atoms with Crippen molar-refractivity contribution in [1.29, 1.82) is 0 Å². The van der Waals surface area contributed by atoms with Crippen molar-refractivity contribution in [3.8, 4) is 5.75 Å². The van der Waals surface area contributed by atoms with Crippen LogP contribution in [0.5, 0.6) is 5.75 Å². The molecule has 434 valence electrons. The van der Waals surface area contributed by atoms with E-state index in [0.717, 1.165) is 86.4 Å². The van der Waals surface area contributed by atoms with Gasteiger partial charge in [0, 0.05) is 30.4 Å². The molecule has 8 atom stereocenters. The van der Waals surface area contributed by atoms with Gasteiger partial charge in [0.2, 0.25) is 0 Å². The Balaban J connectivity index is 1.39. The van der Waals surface area contributed by atoms with Gasteiger partial charge in [-0.1, -0.05) is 118 Å². The molecular weight excluding hydrogens is 1070 g/mol. The van der Waals surface area contributed by atoms with E-state index in [4.69, 9.17) is 32.2 Å². The molecule has 3 saturated heterocycles. The van der Waals surface area contributed by atoms with E-state index in [1.165, 1.54) is 17.9 Å². The molecule has 3 aliphatic rings. The van der Waals surface area contributed by atoms with E-state index in [0.29, 0.717) is 25.6 Å². The van der Waals surface area contributed by atoms with E-state index in [-0.39, 0.29) is 53.6 Å². The van der Waals surface area contributed by atoms with Gasteiger partial charge in [0.05, 0.1) is 59.0 Å². The summed E-state index contributed by atoms with van der Waals surface area (Å²) in [5.41, 5.74) is 2.07. The SMILES string of the molecule is C=C[C@@H]([C@@H]1C[C@H](COCc2ccccc2)O[C@H](c2ccc(OC)cc2)O1)[C@H](CC1(C[C@@H](O)CCCC2(C[C@@H](O[Si](C)(C)C(C)(C)C)[C@H](CC)CO[Si](C)(C)C(C)(C)C)SCCCS2)SCCCS1)O[Si](C)(C)C(C)(C)C. The fraction of sp³-hybridized carbons (Fsp3) is 0.770. The lowest BCUT2D eigenvalue weighted by molar-refractivity contribution is -0.267. The average molecular weight is 1180 g/mol. The van der Waals surface area contributed by atoms with Crippen LogP contribution in [0.25, 0.3) is 0 Å². The molecule has 0 radical (unpaired) electrons. The minimum atomic E-state index is -2.33. The van der Waals surface area contributed by atoms with E-state index >= 15 is 0 Å². The van der Waals surface area contributed by atoms with Crippen LogP contribution in [0.3, 0.4) is 0 Å². The standard InChI is InChI=1S/C61H106O8S4Si3/c1-19-47(44-65-74(13,14)57(3,4)5)54(68-75(15,16)58(6,7)8)41-60(70-35-25-36-71-60)34-24-29-49(62)40-61(72-37-26-38-73-61)42-55(69-76(17,18)59(9,10)11)52(20-2)53-39-51(45-64-43-46-27-22-21-23-28-46)66-56(67-53)48-30-32-50(63-12)33-31-48/h20-23,27-28,30-33,47,49,51-56,62H,2,19,24-26,29,34-45H2,1,3-18H3/t47-,49+,51-,52+,53+,54-,55+,56+/m1/s1. The van der Waals surface area contributed by atoms with Gasteiger partial charge < -0.3 is 37.3 Å². The number of aliphatic hydroxyl groups is 1. The third kappa shape index (κ3) is 19.2. The van der Waals surface area contributed by atoms with Crippen LogP contribution in [0.2, 0.25) is 54.4 Å². The highest BCUT2D eigenvalue weighted by Crippen LogP contribution is 2.54. The zero-order valence-electron chi connectivity index (χ0n) is 50.6. The second kappa shape index (κ2) is 28.8. The lowest BCUT2D eigenvalue weighted by Gasteiger charge is -2.48. The topological polar surface area (TPSA) is 84.8 Å². The molecule has 0 spiro atoms. The summed E-state index contributed by atoms with van der Waals surface area (Å²) in [5.74, 6) is 5.48. The summed E-state index contributed by atoms with van der Waals surface area (Å²) >= 11 is 8.45. The van der Waals surface area contributed by atoms with Gasteiger partial charge >= 0.3 is 0 Å². The summed E-state index contributed by atoms with van der Waals surface area (Å²) in [6.45, 7) is 44.1. The summed E-state index contributed by atoms with van der Waals surface area (Å²) in [4.78, 5) is 0. The van der Waals surface area contributed by atoms with Crippen molar-refractivity contribution in [3.05, 3.63) is 78.4 Å². The Morgan fingerprint density at radius 1 is 0.724 bits per heavy atom. The van der Waals surface area contributed by atoms with Gasteiger partial charge in [-0.25, -0.2) is 0 Å². The average Bonchev–Trinajstić information content (AvgIpc) is 3.34. The lowest BCUT2D eigenvalue weighted by atomic mass is 9.87. The number of hydrogen-bond acceptors (Lipinski definition) is 12. The minimum absolute atomic E-state index is 0.0127. The van der Waals surface area contributed by atoms with E-state index in [2.05, 4.69) is 192 Å². The van der Waals surface area contributed by atoms with Gasteiger partial charge in [-0.15, -0.1) is 53.6 Å². The quantitative estimate of drug-likeness (QED) is 0.0651. The number of ether oxygens (including phenoxy) is 4. The Hall–Kier alpha value is -0.249. The van der Waals surface area contributed by atoms with Crippen LogP contribution in [0, 0.1) is 11.8 Å². The summed E-state index contributed by atoms with van der Waals surface area (Å²) in [5, 5.41) is 12.7. The molecule has 8 nitrogen and oxygen atoms in total. The van der Waals surface area contributed by atoms with Crippen molar-refractivity contribution in [2.45, 2.75) is 239 Å². The highest BCUT2D eigenvalue weighted by Gasteiger charge is 2.49. The molecule has 76 heavy (non-hydrogen) atoms. The van der Waals surface area contributed by atoms with Gasteiger partial charge in [-0.2, -0.15) is 0 Å². The van der Waals surface area contributed by atoms with Crippen LogP contribution in [-0.4, -0.2) is 112 Å². The molecule has 1 N–H and O–H groups in total. The maximum Gasteiger partial charge on any atom is 0.192 e. The first-order valence-electron chi connectivity index (χ1n) is 28.9. The number of hydrogen-bond donors (Lipinski definition) is 1. The first-order valence-corrected chi connectivity index (χ1v) is 41.6. The maximum atomic E-state index is 12.5. The zero-order chi connectivity index (χ0) is 56.2. The van der Waals surface area contributed by atoms with Crippen molar-refractivity contribution < 1.29 is 37.3 Å². The normalized spacial score (nSPS) is 23.1. The molecule has 5 rings (SSSR count). The van der Waals surface area contributed by atoms with Crippen molar-refractivity contribution in [1.82, 2.24) is 0 Å². The monoisotopic (exact) mass is 1180 g/mol. The molecule has 2 aromatic carbocycles. The predicted octanol–water partition coefficient (Wildman–Crippen LogP) is 17.5. The minimum Gasteiger partial charge on any atom is -0.497 e. The van der Waals surface area contributed by atoms with Crippen LogP contribution in [0.4, 0.5) is 0 Å². The Labute approximate surface area is 484 Å². The summed E-state index contributed by atoms with van der Waals surface area (Å²) in [6.07, 6.45) is 10.0. The van der Waals surface area contributed by atoms with Crippen molar-refractivity contribution in [2.75, 3.05) is 43.3 Å². The van der Waals surface area contributed by atoms with E-state index in [1.807, 2.05) is 30.3 Å². The highest BCUT2D eigenvalue weighted by atomic mass is 32.2. The smallest absolute Gasteiger partial charge is 0.192 e. The van der Waals surface area contributed by atoms with Crippen LogP contribution < -0.4 is 4.74 Å². The fourth-order valence-corrected chi connectivity index (χ4v) is 20.5. The molecule has 0 aromatic heterocycles. The van der Waals surface area contributed by atoms with Crippen molar-refractivity contribution in [2.24, 2.45) is 11.8 Å². The van der Waals surface area contributed by atoms with Crippen LogP contribution in [-0.2, 0) is 34.1 Å². The third-order valence-electron chi connectivity index (χ3n) is 17.8. The summed E-state index contributed by atoms with van der Waals surface area (Å²) in [7, 11) is -4.71. The maximum absolute atomic E-state index is 12.5. The highest BCUT2D eigenvalue weighted by molar-refractivity contribution is 8.19. The molecule has 3 aliphatic heterocycles. The summed E-state index contributed by atoms with van der Waals surface area (Å²) in [6, 6.07) is 18.3. The first kappa shape index (κ1) is 66.5. The number of rotatable bonds is 28. The van der Waals surface area contributed by atoms with Crippen LogP contribution >= 0.6 is 47.0 Å². The number of benzene rings is 2. The molecule has 0 aliphatic carbocycles. The Bertz CT molecular complexity index is 2010. The Morgan fingerprint density at radius 2 is 1.26 bits per heavy atom. The first-order chi connectivity index (χ1) is 35.5. The Morgan fingerprint density at radius 3 is 1.79 bits per heavy atom. The molecule has 2 aromatic rings. The third-order valence-corrected chi connectivity index (χ3v) is 38.2. The largest absolute Gasteiger partial charge is 0.497 e. The van der Waals surface area contributed by atoms with Gasteiger partial charge in [0.1, 0.15) is 5.75 Å². The fourth-order valence-electron chi connectivity index (χ4n) is 9.72. The Kier molecular flexibility index (Phi) is 25.2. The molecule has 3 heterocycles. The van der Waals surface area contributed by atoms with Gasteiger partial charge in [0.25, 0.3) is 0 Å². The molecule has 3 fully saturated rings. The van der Waals surface area contributed by atoms with E-state index in [9.17, 15) is 5.11 Å². The van der Waals surface area contributed by atoms with Crippen LogP contribution in [0.1, 0.15) is 151 Å². The van der Waals surface area contributed by atoms with Crippen molar-refractivity contribution >= 4 is 72.0 Å². The molecule has 0 amide bonds. The van der Waals surface area contributed by atoms with E-state index < -0.39 is 37.3 Å². The van der Waals surface area contributed by atoms with E-state index in [1.54, 1.807) is 7.11 Å². The second-order valence-corrected chi connectivity index (χ2v) is 47.5. The second-order valence-electron chi connectivity index (χ2n) is 26.7. The predicted molar refractivity (Wildman–Crippen MR) is 339 cm³/mol. The molecule has 15 heteroatoms. The summed E-state index contributed by atoms with van der Waals surface area (Å²) < 4.78 is 47.9. The van der Waals surface area contributed by atoms with Crippen LogP contribution in [0.15, 0.2) is 67.3 Å². The van der Waals surface area contributed by atoms with Crippen molar-refractivity contribution in [3.63, 3.8) is 0 Å². The molecule has 0 unspecified atom stereocenters. The molecule has 0 bridgehead atoms. The zero-order valence-corrected chi connectivity index (χ0v) is 56.8. The molecule has 0 saturated carbocycles.